The van der Waals surface area contributed by atoms with Gasteiger partial charge in [-0.15, -0.1) is 23.2 Å². The Balaban J connectivity index is 0.000000487. The first kappa shape index (κ1) is 46.4. The molecule has 2 heterocycles. The van der Waals surface area contributed by atoms with E-state index in [0.717, 1.165) is 25.7 Å². The van der Waals surface area contributed by atoms with Gasteiger partial charge >= 0.3 is 41.8 Å². The Hall–Kier alpha value is -3.64. The van der Waals surface area contributed by atoms with E-state index in [1.807, 2.05) is 30.3 Å². The maximum atomic E-state index is 11.6. The molecule has 19 heteroatoms. The van der Waals surface area contributed by atoms with Crippen LogP contribution in [0.2, 0.25) is 0 Å². The van der Waals surface area contributed by atoms with Crippen molar-refractivity contribution in [3.8, 4) is 0 Å². The molecule has 0 saturated carbocycles. The first-order chi connectivity index (χ1) is 24.3. The predicted octanol–water partition coefficient (Wildman–Crippen LogP) is 3.83. The molecule has 52 heavy (non-hydrogen) atoms. The van der Waals surface area contributed by atoms with Crippen LogP contribution in [0.1, 0.15) is 62.3 Å². The molecule has 1 aromatic carbocycles. The highest BCUT2D eigenvalue weighted by molar-refractivity contribution is 7.99. The summed E-state index contributed by atoms with van der Waals surface area (Å²) in [7, 11) is 0. The smallest absolute Gasteiger partial charge is 0.305 e. The lowest BCUT2D eigenvalue weighted by atomic mass is 9.99. The molecule has 1 aromatic rings. The molecule has 2 fully saturated rings. The van der Waals surface area contributed by atoms with Gasteiger partial charge < -0.3 is 42.6 Å². The molecule has 0 bridgehead atoms. The van der Waals surface area contributed by atoms with Gasteiger partial charge in [0.25, 0.3) is 0 Å². The van der Waals surface area contributed by atoms with Crippen LogP contribution in [0.4, 0.5) is 0 Å². The Kier molecular flexibility index (Phi) is 20.6. The quantitative estimate of drug-likeness (QED) is 0.198. The maximum absolute atomic E-state index is 11.6. The summed E-state index contributed by atoms with van der Waals surface area (Å²) in [5.74, 6) is -4.35. The molecule has 2 saturated heterocycles. The topological polar surface area (TPSA) is 203 Å². The zero-order chi connectivity index (χ0) is 39.7. The molecule has 4 unspecified atom stereocenters. The lowest BCUT2D eigenvalue weighted by molar-refractivity contribution is -0.292. The van der Waals surface area contributed by atoms with Gasteiger partial charge in [-0.2, -0.15) is 0 Å². The zero-order valence-corrected chi connectivity index (χ0v) is 32.4. The van der Waals surface area contributed by atoms with Gasteiger partial charge in [0, 0.05) is 53.4 Å². The monoisotopic (exact) mass is 798 g/mol. The lowest BCUT2D eigenvalue weighted by Gasteiger charge is -2.43. The normalized spacial score (nSPS) is 27.7. The number of hydrogen-bond donors (Lipinski definition) is 0. The standard InChI is InChI=1S/C18H22O7S.C14H20O9.CH2Cl2/c1-10-15(23-11(2)19)16(24-12(3)20)17(25-13(4)21)18(22-10)26-14-8-6-5-7-9-14;1-6-11(20-7(2)15)12(21-8(3)16)13(22-9(4)17)14(19-6)23-10(5)18;2-1-3/h5-10,15-18H,1-4H3;6,11-14H,1-5H3;1H2/t10?,15-,16+,17?,18-;6?,11-,12+,13?,14+;/m11./s1. The fourth-order valence-corrected chi connectivity index (χ4v) is 6.08. The van der Waals surface area contributed by atoms with Crippen LogP contribution in [0.5, 0.6) is 0 Å². The highest BCUT2D eigenvalue weighted by Crippen LogP contribution is 2.37. The van der Waals surface area contributed by atoms with E-state index in [-0.39, 0.29) is 5.34 Å². The zero-order valence-electron chi connectivity index (χ0n) is 30.1. The van der Waals surface area contributed by atoms with Crippen LogP contribution in [-0.2, 0) is 76.2 Å². The average molecular weight is 800 g/mol. The molecule has 16 nitrogen and oxygen atoms in total. The van der Waals surface area contributed by atoms with E-state index in [4.69, 9.17) is 65.8 Å². The number of ether oxygens (including phenoxy) is 9. The first-order valence-corrected chi connectivity index (χ1v) is 17.6. The Labute approximate surface area is 315 Å². The van der Waals surface area contributed by atoms with Crippen LogP contribution in [0.25, 0.3) is 0 Å². The van der Waals surface area contributed by atoms with Crippen molar-refractivity contribution in [3.05, 3.63) is 30.3 Å². The summed E-state index contributed by atoms with van der Waals surface area (Å²) in [4.78, 5) is 80.7. The lowest BCUT2D eigenvalue weighted by Crippen LogP contribution is -2.61. The summed E-state index contributed by atoms with van der Waals surface area (Å²) in [6.07, 6.45) is -8.85. The van der Waals surface area contributed by atoms with Crippen LogP contribution < -0.4 is 0 Å². The molecule has 0 amide bonds. The minimum absolute atomic E-state index is 0.194. The van der Waals surface area contributed by atoms with Crippen molar-refractivity contribution in [1.82, 2.24) is 0 Å². The summed E-state index contributed by atoms with van der Waals surface area (Å²) >= 11 is 10.9. The summed E-state index contributed by atoms with van der Waals surface area (Å²) < 4.78 is 47.7. The molecule has 2 aliphatic rings. The highest BCUT2D eigenvalue weighted by Gasteiger charge is 2.52. The van der Waals surface area contributed by atoms with Gasteiger partial charge in [0.15, 0.2) is 30.5 Å². The van der Waals surface area contributed by atoms with Crippen molar-refractivity contribution in [2.75, 3.05) is 5.34 Å². The minimum Gasteiger partial charge on any atom is -0.456 e. The van der Waals surface area contributed by atoms with Crippen LogP contribution in [0.3, 0.4) is 0 Å². The largest absolute Gasteiger partial charge is 0.456 e. The van der Waals surface area contributed by atoms with Crippen LogP contribution in [0, 0.1) is 0 Å². The first-order valence-electron chi connectivity index (χ1n) is 15.7. The number of rotatable bonds is 9. The fraction of sp³-hybridized carbons (Fsp3) is 0.606. The van der Waals surface area contributed by atoms with Crippen molar-refractivity contribution in [2.45, 2.75) is 128 Å². The van der Waals surface area contributed by atoms with Gasteiger partial charge in [-0.3, -0.25) is 33.6 Å². The van der Waals surface area contributed by atoms with E-state index in [1.165, 1.54) is 39.5 Å². The number of halogens is 2. The van der Waals surface area contributed by atoms with Gasteiger partial charge in [-0.25, -0.2) is 0 Å². The third-order valence-electron chi connectivity index (χ3n) is 6.54. The van der Waals surface area contributed by atoms with Gasteiger partial charge in [0.05, 0.1) is 17.5 Å². The number of carbonyl (C=O) groups is 7. The molecule has 0 radical (unpaired) electrons. The predicted molar refractivity (Wildman–Crippen MR) is 183 cm³/mol. The molecule has 10 atom stereocenters. The number of esters is 7. The van der Waals surface area contributed by atoms with E-state index < -0.39 is 102 Å². The second kappa shape index (κ2) is 23.1. The Morgan fingerprint density at radius 3 is 1.25 bits per heavy atom. The highest BCUT2D eigenvalue weighted by atomic mass is 35.5. The second-order valence-corrected chi connectivity index (χ2v) is 13.0. The average Bonchev–Trinajstić information content (AvgIpc) is 3.00. The van der Waals surface area contributed by atoms with Gasteiger partial charge in [0.1, 0.15) is 5.44 Å². The van der Waals surface area contributed by atoms with Crippen LogP contribution >= 0.6 is 35.0 Å². The molecule has 0 aliphatic carbocycles. The summed E-state index contributed by atoms with van der Waals surface area (Å²) in [5, 5.41) is 0.194. The number of benzene rings is 1. The third-order valence-corrected chi connectivity index (χ3v) is 7.70. The molecule has 0 N–H and O–H groups in total. The van der Waals surface area contributed by atoms with Crippen molar-refractivity contribution < 1.29 is 76.2 Å². The van der Waals surface area contributed by atoms with Gasteiger partial charge in [-0.05, 0) is 26.0 Å². The second-order valence-electron chi connectivity index (χ2n) is 11.0. The van der Waals surface area contributed by atoms with Gasteiger partial charge in [0.2, 0.25) is 12.4 Å². The molecular weight excluding hydrogens is 755 g/mol. The molecule has 0 aromatic heterocycles. The number of alkyl halides is 2. The maximum Gasteiger partial charge on any atom is 0.305 e. The summed E-state index contributed by atoms with van der Waals surface area (Å²) in [6.45, 7) is 11.6. The van der Waals surface area contributed by atoms with Crippen molar-refractivity contribution in [2.24, 2.45) is 0 Å². The number of thioether (sulfide) groups is 1. The Morgan fingerprint density at radius 1 is 0.519 bits per heavy atom. The van der Waals surface area contributed by atoms with Crippen molar-refractivity contribution in [3.63, 3.8) is 0 Å². The number of carbonyl (C=O) groups excluding carboxylic acids is 7. The van der Waals surface area contributed by atoms with Crippen molar-refractivity contribution >= 4 is 76.7 Å². The molecular formula is C33H44Cl2O16S. The molecule has 3 rings (SSSR count). The van der Waals surface area contributed by atoms with E-state index in [0.29, 0.717) is 0 Å². The Bertz CT molecular complexity index is 1360. The van der Waals surface area contributed by atoms with E-state index in [9.17, 15) is 33.6 Å². The summed E-state index contributed by atoms with van der Waals surface area (Å²) in [6, 6.07) is 9.42. The van der Waals surface area contributed by atoms with E-state index >= 15 is 0 Å². The van der Waals surface area contributed by atoms with E-state index in [2.05, 4.69) is 0 Å². The molecule has 292 valence electrons. The third kappa shape index (κ3) is 16.4. The van der Waals surface area contributed by atoms with Gasteiger partial charge in [-0.1, -0.05) is 30.0 Å². The Morgan fingerprint density at radius 2 is 0.846 bits per heavy atom. The summed E-state index contributed by atoms with van der Waals surface area (Å²) in [5.41, 5.74) is -0.632. The SMILES string of the molecule is CC(=O)OC1[C@@H](Sc2ccccc2)OC(C)[C@@H](OC(C)=O)[C@@H]1OC(C)=O.CC(=O)OC1[C@H](OC(C)=O)OC(C)[C@@H](OC(C)=O)[C@@H]1OC(C)=O.ClCCl. The van der Waals surface area contributed by atoms with Crippen LogP contribution in [-0.4, -0.2) is 108 Å². The fourth-order valence-electron chi connectivity index (χ4n) is 4.93. The molecule has 0 spiro atoms. The van der Waals surface area contributed by atoms with E-state index in [1.54, 1.807) is 13.8 Å². The van der Waals surface area contributed by atoms with Crippen LogP contribution in [0.15, 0.2) is 35.2 Å². The molecule has 2 aliphatic heterocycles. The number of hydrogen-bond acceptors (Lipinski definition) is 17. The minimum atomic E-state index is -1.29. The van der Waals surface area contributed by atoms with Crippen molar-refractivity contribution in [1.29, 1.82) is 0 Å².